The van der Waals surface area contributed by atoms with Gasteiger partial charge < -0.3 is 5.11 Å². The summed E-state index contributed by atoms with van der Waals surface area (Å²) in [5, 5.41) is 10.2. The van der Waals surface area contributed by atoms with Crippen molar-refractivity contribution in [2.45, 2.75) is 5.92 Å². The average Bonchev–Trinajstić information content (AvgIpc) is 2.58. The Balaban J connectivity index is 2.08. The maximum absolute atomic E-state index is 9.55. The highest BCUT2D eigenvalue weighted by molar-refractivity contribution is 6.30. The quantitative estimate of drug-likeness (QED) is 0.708. The SMILES string of the molecule is C=C(c1cccc(Cl)c1)C(c1ccc(O)cc1)c1ccccn1. The third-order valence-corrected chi connectivity index (χ3v) is 3.99. The Labute approximate surface area is 140 Å². The molecule has 0 fully saturated rings. The molecule has 23 heavy (non-hydrogen) atoms. The third kappa shape index (κ3) is 3.43. The van der Waals surface area contributed by atoms with Crippen LogP contribution < -0.4 is 0 Å². The summed E-state index contributed by atoms with van der Waals surface area (Å²) in [5.74, 6) is 0.136. The van der Waals surface area contributed by atoms with Crippen molar-refractivity contribution in [3.8, 4) is 5.75 Å². The molecule has 1 aromatic heterocycles. The number of nitrogens with zero attached hydrogens (tertiary/aromatic N) is 1. The first-order valence-electron chi connectivity index (χ1n) is 7.30. The fraction of sp³-hybridized carbons (Fsp3) is 0.0500. The molecule has 0 radical (unpaired) electrons. The van der Waals surface area contributed by atoms with Gasteiger partial charge >= 0.3 is 0 Å². The molecule has 3 heteroatoms. The van der Waals surface area contributed by atoms with Crippen LogP contribution in [0.2, 0.25) is 5.02 Å². The maximum atomic E-state index is 9.55. The molecule has 0 saturated carbocycles. The molecule has 3 aromatic rings. The second-order valence-electron chi connectivity index (χ2n) is 5.31. The highest BCUT2D eigenvalue weighted by Gasteiger charge is 2.20. The van der Waals surface area contributed by atoms with E-state index in [1.54, 1.807) is 18.3 Å². The van der Waals surface area contributed by atoms with Gasteiger partial charge in [-0.2, -0.15) is 0 Å². The number of aromatic nitrogens is 1. The molecular formula is C20H16ClNO. The topological polar surface area (TPSA) is 33.1 Å². The number of hydrogen-bond donors (Lipinski definition) is 1. The molecule has 1 unspecified atom stereocenters. The summed E-state index contributed by atoms with van der Waals surface area (Å²) >= 11 is 6.12. The fourth-order valence-electron chi connectivity index (χ4n) is 2.62. The Bertz CT molecular complexity index is 813. The smallest absolute Gasteiger partial charge is 0.115 e. The van der Waals surface area contributed by atoms with Gasteiger partial charge in [-0.3, -0.25) is 4.98 Å². The highest BCUT2D eigenvalue weighted by atomic mass is 35.5. The Hall–Kier alpha value is -2.58. The van der Waals surface area contributed by atoms with E-state index in [1.165, 1.54) is 0 Å². The Kier molecular flexibility index (Phi) is 4.45. The zero-order valence-electron chi connectivity index (χ0n) is 12.5. The molecule has 1 atom stereocenters. The van der Waals surface area contributed by atoms with E-state index in [1.807, 2.05) is 54.6 Å². The fourth-order valence-corrected chi connectivity index (χ4v) is 2.81. The summed E-state index contributed by atoms with van der Waals surface area (Å²) in [6.07, 6.45) is 1.77. The lowest BCUT2D eigenvalue weighted by molar-refractivity contribution is 0.475. The third-order valence-electron chi connectivity index (χ3n) is 3.75. The Morgan fingerprint density at radius 3 is 2.43 bits per heavy atom. The number of phenols is 1. The minimum Gasteiger partial charge on any atom is -0.508 e. The largest absolute Gasteiger partial charge is 0.508 e. The van der Waals surface area contributed by atoms with Crippen LogP contribution in [0.3, 0.4) is 0 Å². The molecule has 0 spiro atoms. The van der Waals surface area contributed by atoms with Crippen molar-refractivity contribution in [1.82, 2.24) is 4.98 Å². The van der Waals surface area contributed by atoms with Crippen LogP contribution in [0.4, 0.5) is 0 Å². The van der Waals surface area contributed by atoms with Gasteiger partial charge in [0.25, 0.3) is 0 Å². The number of rotatable bonds is 4. The van der Waals surface area contributed by atoms with Gasteiger partial charge in [-0.25, -0.2) is 0 Å². The van der Waals surface area contributed by atoms with Crippen LogP contribution in [0, 0.1) is 0 Å². The number of hydrogen-bond acceptors (Lipinski definition) is 2. The van der Waals surface area contributed by atoms with E-state index in [9.17, 15) is 5.11 Å². The number of aromatic hydroxyl groups is 1. The standard InChI is InChI=1S/C20H16ClNO/c1-14(16-5-4-6-17(21)13-16)20(19-7-2-3-12-22-19)15-8-10-18(23)11-9-15/h2-13,20,23H,1H2. The normalized spacial score (nSPS) is 11.9. The first-order chi connectivity index (χ1) is 11.1. The summed E-state index contributed by atoms with van der Waals surface area (Å²) in [6, 6.07) is 20.6. The summed E-state index contributed by atoms with van der Waals surface area (Å²) in [6.45, 7) is 4.28. The molecule has 0 amide bonds. The number of halogens is 1. The van der Waals surface area contributed by atoms with E-state index >= 15 is 0 Å². The molecule has 0 bridgehead atoms. The summed E-state index contributed by atoms with van der Waals surface area (Å²) in [7, 11) is 0. The Morgan fingerprint density at radius 2 is 1.78 bits per heavy atom. The predicted octanol–water partition coefficient (Wildman–Crippen LogP) is 5.29. The van der Waals surface area contributed by atoms with E-state index in [4.69, 9.17) is 11.6 Å². The van der Waals surface area contributed by atoms with Crippen LogP contribution in [0.15, 0.2) is 79.5 Å². The highest BCUT2D eigenvalue weighted by Crippen LogP contribution is 2.36. The molecule has 0 aliphatic rings. The van der Waals surface area contributed by atoms with E-state index in [0.717, 1.165) is 22.4 Å². The molecule has 114 valence electrons. The van der Waals surface area contributed by atoms with Crippen molar-refractivity contribution in [2.75, 3.05) is 0 Å². The van der Waals surface area contributed by atoms with Crippen molar-refractivity contribution in [2.24, 2.45) is 0 Å². The lowest BCUT2D eigenvalue weighted by Crippen LogP contribution is -2.05. The van der Waals surface area contributed by atoms with Crippen molar-refractivity contribution in [3.63, 3.8) is 0 Å². The van der Waals surface area contributed by atoms with Crippen molar-refractivity contribution >= 4 is 17.2 Å². The maximum Gasteiger partial charge on any atom is 0.115 e. The first kappa shape index (κ1) is 15.3. The molecule has 0 aliphatic carbocycles. The Morgan fingerprint density at radius 1 is 1.00 bits per heavy atom. The molecule has 2 aromatic carbocycles. The molecule has 3 rings (SSSR count). The predicted molar refractivity (Wildman–Crippen MR) is 94.7 cm³/mol. The molecule has 1 N–H and O–H groups in total. The van der Waals surface area contributed by atoms with E-state index in [-0.39, 0.29) is 11.7 Å². The van der Waals surface area contributed by atoms with Gasteiger partial charge in [-0.1, -0.05) is 48.5 Å². The number of benzene rings is 2. The lowest BCUT2D eigenvalue weighted by Gasteiger charge is -2.20. The second-order valence-corrected chi connectivity index (χ2v) is 5.75. The van der Waals surface area contributed by atoms with Gasteiger partial charge in [0.2, 0.25) is 0 Å². The first-order valence-corrected chi connectivity index (χ1v) is 7.67. The number of allylic oxidation sites excluding steroid dienone is 1. The lowest BCUT2D eigenvalue weighted by atomic mass is 9.85. The van der Waals surface area contributed by atoms with Gasteiger partial charge in [-0.05, 0) is 53.1 Å². The molecule has 0 saturated heterocycles. The van der Waals surface area contributed by atoms with Crippen molar-refractivity contribution in [3.05, 3.63) is 101 Å². The molecular weight excluding hydrogens is 306 g/mol. The van der Waals surface area contributed by atoms with Crippen molar-refractivity contribution < 1.29 is 5.11 Å². The summed E-state index contributed by atoms with van der Waals surface area (Å²) in [5.41, 5.74) is 3.81. The monoisotopic (exact) mass is 321 g/mol. The number of phenolic OH excluding ortho intramolecular Hbond substituents is 1. The van der Waals surface area contributed by atoms with Gasteiger partial charge in [0.1, 0.15) is 5.75 Å². The zero-order valence-corrected chi connectivity index (χ0v) is 13.2. The van der Waals surface area contributed by atoms with Gasteiger partial charge in [0, 0.05) is 11.2 Å². The van der Waals surface area contributed by atoms with Crippen LogP contribution >= 0.6 is 11.6 Å². The van der Waals surface area contributed by atoms with Crippen LogP contribution in [0.5, 0.6) is 5.75 Å². The average molecular weight is 322 g/mol. The zero-order chi connectivity index (χ0) is 16.2. The van der Waals surface area contributed by atoms with Gasteiger partial charge in [0.05, 0.1) is 11.6 Å². The molecule has 2 nitrogen and oxygen atoms in total. The van der Waals surface area contributed by atoms with Crippen LogP contribution in [-0.2, 0) is 0 Å². The van der Waals surface area contributed by atoms with Crippen LogP contribution in [0.1, 0.15) is 22.7 Å². The van der Waals surface area contributed by atoms with Crippen LogP contribution in [-0.4, -0.2) is 10.1 Å². The minimum absolute atomic E-state index is 0.102. The van der Waals surface area contributed by atoms with E-state index in [2.05, 4.69) is 11.6 Å². The minimum atomic E-state index is -0.102. The van der Waals surface area contributed by atoms with Gasteiger partial charge in [-0.15, -0.1) is 0 Å². The second kappa shape index (κ2) is 6.67. The van der Waals surface area contributed by atoms with E-state index in [0.29, 0.717) is 5.02 Å². The van der Waals surface area contributed by atoms with Crippen molar-refractivity contribution in [1.29, 1.82) is 0 Å². The summed E-state index contributed by atoms with van der Waals surface area (Å²) in [4.78, 5) is 4.49. The summed E-state index contributed by atoms with van der Waals surface area (Å²) < 4.78 is 0. The van der Waals surface area contributed by atoms with E-state index < -0.39 is 0 Å². The van der Waals surface area contributed by atoms with Gasteiger partial charge in [0.15, 0.2) is 0 Å². The number of pyridine rings is 1. The molecule has 1 heterocycles. The molecule has 0 aliphatic heterocycles. The van der Waals surface area contributed by atoms with Crippen LogP contribution in [0.25, 0.3) is 5.57 Å².